The van der Waals surface area contributed by atoms with Crippen molar-refractivity contribution in [2.75, 3.05) is 33.2 Å². The van der Waals surface area contributed by atoms with Crippen LogP contribution in [0.15, 0.2) is 0 Å². The molecular weight excluding hydrogens is 232 g/mol. The minimum Gasteiger partial charge on any atom is -0.319 e. The smallest absolute Gasteiger partial charge is 0.00224 e. The molecule has 1 aliphatic heterocycles. The molecular formula is C17H30N2. The van der Waals surface area contributed by atoms with Crippen molar-refractivity contribution in [3.05, 3.63) is 0 Å². The molecule has 1 saturated heterocycles. The van der Waals surface area contributed by atoms with E-state index in [9.17, 15) is 0 Å². The number of hydrogen-bond acceptors (Lipinski definition) is 2. The van der Waals surface area contributed by atoms with Gasteiger partial charge in [0.25, 0.3) is 0 Å². The van der Waals surface area contributed by atoms with Gasteiger partial charge in [-0.1, -0.05) is 0 Å². The first-order chi connectivity index (χ1) is 9.31. The summed E-state index contributed by atoms with van der Waals surface area (Å²) >= 11 is 0. The van der Waals surface area contributed by atoms with Crippen LogP contribution in [0.4, 0.5) is 0 Å². The molecule has 0 amide bonds. The summed E-state index contributed by atoms with van der Waals surface area (Å²) in [6, 6.07) is 0. The third-order valence-electron chi connectivity index (χ3n) is 6.75. The van der Waals surface area contributed by atoms with Gasteiger partial charge < -0.3 is 10.2 Å². The molecule has 5 fully saturated rings. The van der Waals surface area contributed by atoms with E-state index in [4.69, 9.17) is 0 Å². The van der Waals surface area contributed by atoms with Crippen molar-refractivity contribution in [1.82, 2.24) is 10.2 Å². The van der Waals surface area contributed by atoms with Crippen molar-refractivity contribution in [1.29, 1.82) is 0 Å². The average molecular weight is 262 g/mol. The molecule has 2 heteroatoms. The van der Waals surface area contributed by atoms with Gasteiger partial charge in [-0.3, -0.25) is 0 Å². The van der Waals surface area contributed by atoms with E-state index >= 15 is 0 Å². The van der Waals surface area contributed by atoms with Crippen LogP contribution in [-0.4, -0.2) is 38.1 Å². The molecule has 1 unspecified atom stereocenters. The predicted octanol–water partition coefficient (Wildman–Crippen LogP) is 2.60. The molecule has 1 heterocycles. The van der Waals surface area contributed by atoms with E-state index in [1.807, 2.05) is 0 Å². The molecule has 2 nitrogen and oxygen atoms in total. The normalized spacial score (nSPS) is 49.1. The Morgan fingerprint density at radius 3 is 2.32 bits per heavy atom. The minimum atomic E-state index is 0.918. The van der Waals surface area contributed by atoms with Crippen molar-refractivity contribution in [2.24, 2.45) is 35.5 Å². The molecule has 0 radical (unpaired) electrons. The Balaban J connectivity index is 1.36. The van der Waals surface area contributed by atoms with Gasteiger partial charge in [0.05, 0.1) is 0 Å². The molecule has 5 aliphatic rings. The lowest BCUT2D eigenvalue weighted by Gasteiger charge is -2.55. The first-order valence-corrected chi connectivity index (χ1v) is 8.68. The first-order valence-electron chi connectivity index (χ1n) is 8.68. The summed E-state index contributed by atoms with van der Waals surface area (Å²) in [5.41, 5.74) is 0. The van der Waals surface area contributed by atoms with Crippen LogP contribution in [0.1, 0.15) is 38.5 Å². The summed E-state index contributed by atoms with van der Waals surface area (Å²) in [6.45, 7) is 5.39. The van der Waals surface area contributed by atoms with E-state index < -0.39 is 0 Å². The van der Waals surface area contributed by atoms with Gasteiger partial charge >= 0.3 is 0 Å². The lowest BCUT2D eigenvalue weighted by atomic mass is 9.52. The zero-order chi connectivity index (χ0) is 12.8. The lowest BCUT2D eigenvalue weighted by molar-refractivity contribution is -0.0471. The maximum atomic E-state index is 3.36. The minimum absolute atomic E-state index is 0.918. The highest BCUT2D eigenvalue weighted by atomic mass is 15.2. The summed E-state index contributed by atoms with van der Waals surface area (Å²) in [7, 11) is 2.10. The highest BCUT2D eigenvalue weighted by molar-refractivity contribution is 4.99. The number of nitrogens with zero attached hydrogens (tertiary/aromatic N) is 1. The average Bonchev–Trinajstić information content (AvgIpc) is 2.81. The Morgan fingerprint density at radius 1 is 1.00 bits per heavy atom. The Hall–Kier alpha value is -0.0800. The van der Waals surface area contributed by atoms with E-state index in [-0.39, 0.29) is 0 Å². The Kier molecular flexibility index (Phi) is 3.35. The highest BCUT2D eigenvalue weighted by Crippen LogP contribution is 2.56. The number of rotatable bonds is 4. The van der Waals surface area contributed by atoms with Crippen LogP contribution < -0.4 is 5.32 Å². The predicted molar refractivity (Wildman–Crippen MR) is 79.0 cm³/mol. The molecule has 108 valence electrons. The molecule has 5 rings (SSSR count). The highest BCUT2D eigenvalue weighted by Gasteiger charge is 2.48. The van der Waals surface area contributed by atoms with Crippen LogP contribution in [0, 0.1) is 35.5 Å². The molecule has 4 aliphatic carbocycles. The molecule has 0 spiro atoms. The second kappa shape index (κ2) is 5.04. The van der Waals surface area contributed by atoms with Gasteiger partial charge in [-0.15, -0.1) is 0 Å². The van der Waals surface area contributed by atoms with Gasteiger partial charge in [0.1, 0.15) is 0 Å². The Labute approximate surface area is 118 Å². The molecule has 1 N–H and O–H groups in total. The molecule has 4 saturated carbocycles. The van der Waals surface area contributed by atoms with E-state index in [1.54, 1.807) is 32.1 Å². The third-order valence-corrected chi connectivity index (χ3v) is 6.75. The standard InChI is InChI=1S/C17H30N2/c1-18-9-12-2-3-19(10-12)11-17-15-5-13-4-14(7-15)8-16(17)6-13/h12-18H,2-11H2,1H3. The van der Waals surface area contributed by atoms with Crippen molar-refractivity contribution in [2.45, 2.75) is 38.5 Å². The SMILES string of the molecule is CNCC1CCN(CC2C3CC4CC(C3)CC2C4)C1. The van der Waals surface area contributed by atoms with E-state index in [2.05, 4.69) is 17.3 Å². The fourth-order valence-corrected chi connectivity index (χ4v) is 6.17. The zero-order valence-electron chi connectivity index (χ0n) is 12.5. The van der Waals surface area contributed by atoms with Gasteiger partial charge in [-0.05, 0) is 94.2 Å². The van der Waals surface area contributed by atoms with Gasteiger partial charge in [0, 0.05) is 13.1 Å². The topological polar surface area (TPSA) is 15.3 Å². The summed E-state index contributed by atoms with van der Waals surface area (Å²) in [6.07, 6.45) is 9.37. The number of hydrogen-bond donors (Lipinski definition) is 1. The summed E-state index contributed by atoms with van der Waals surface area (Å²) in [5, 5.41) is 3.36. The second-order valence-corrected chi connectivity index (χ2v) is 8.07. The van der Waals surface area contributed by atoms with Crippen LogP contribution in [0.2, 0.25) is 0 Å². The molecule has 0 aromatic heterocycles. The van der Waals surface area contributed by atoms with Crippen LogP contribution in [0.25, 0.3) is 0 Å². The summed E-state index contributed by atoms with van der Waals surface area (Å²) in [4.78, 5) is 2.80. The fourth-order valence-electron chi connectivity index (χ4n) is 6.17. The number of nitrogens with one attached hydrogen (secondary N) is 1. The summed E-state index contributed by atoms with van der Waals surface area (Å²) < 4.78 is 0. The molecule has 0 aromatic carbocycles. The molecule has 0 aromatic rings. The molecule has 19 heavy (non-hydrogen) atoms. The van der Waals surface area contributed by atoms with Gasteiger partial charge in [-0.2, -0.15) is 0 Å². The van der Waals surface area contributed by atoms with Crippen LogP contribution in [0.3, 0.4) is 0 Å². The second-order valence-electron chi connectivity index (χ2n) is 8.07. The van der Waals surface area contributed by atoms with Crippen molar-refractivity contribution >= 4 is 0 Å². The maximum Gasteiger partial charge on any atom is 0.00224 e. The maximum absolute atomic E-state index is 3.36. The van der Waals surface area contributed by atoms with E-state index in [0.29, 0.717) is 0 Å². The largest absolute Gasteiger partial charge is 0.319 e. The first kappa shape index (κ1) is 12.6. The quantitative estimate of drug-likeness (QED) is 0.838. The zero-order valence-corrected chi connectivity index (χ0v) is 12.5. The van der Waals surface area contributed by atoms with Gasteiger partial charge in [0.15, 0.2) is 0 Å². The van der Waals surface area contributed by atoms with Gasteiger partial charge in [-0.25, -0.2) is 0 Å². The van der Waals surface area contributed by atoms with Crippen LogP contribution in [-0.2, 0) is 0 Å². The van der Waals surface area contributed by atoms with Gasteiger partial charge in [0.2, 0.25) is 0 Å². The monoisotopic (exact) mass is 262 g/mol. The van der Waals surface area contributed by atoms with Crippen molar-refractivity contribution in [3.63, 3.8) is 0 Å². The Morgan fingerprint density at radius 2 is 1.68 bits per heavy atom. The van der Waals surface area contributed by atoms with E-state index in [1.165, 1.54) is 32.6 Å². The fraction of sp³-hybridized carbons (Fsp3) is 1.00. The van der Waals surface area contributed by atoms with Crippen LogP contribution in [0.5, 0.6) is 0 Å². The Bertz CT molecular complexity index is 299. The van der Waals surface area contributed by atoms with E-state index in [0.717, 1.165) is 35.5 Å². The third kappa shape index (κ3) is 2.35. The van der Waals surface area contributed by atoms with Crippen LogP contribution >= 0.6 is 0 Å². The lowest BCUT2D eigenvalue weighted by Crippen LogP contribution is -2.48. The molecule has 1 atom stereocenters. The molecule has 4 bridgehead atoms. The summed E-state index contributed by atoms with van der Waals surface area (Å²) in [5.74, 6) is 6.48. The van der Waals surface area contributed by atoms with Crippen molar-refractivity contribution in [3.8, 4) is 0 Å². The number of likely N-dealkylation sites (tertiary alicyclic amines) is 1. The van der Waals surface area contributed by atoms with Crippen molar-refractivity contribution < 1.29 is 0 Å².